The smallest absolute Gasteiger partial charge is 0.257 e. The van der Waals surface area contributed by atoms with Crippen molar-refractivity contribution in [3.63, 3.8) is 0 Å². The van der Waals surface area contributed by atoms with Gasteiger partial charge in [-0.2, -0.15) is 0 Å². The molecule has 2 amide bonds. The Morgan fingerprint density at radius 2 is 1.94 bits per heavy atom. The summed E-state index contributed by atoms with van der Waals surface area (Å²) in [7, 11) is 3.05. The van der Waals surface area contributed by atoms with E-state index in [-0.39, 0.29) is 17.6 Å². The largest absolute Gasteiger partial charge is 0.493 e. The van der Waals surface area contributed by atoms with E-state index in [1.165, 1.54) is 42.9 Å². The molecule has 0 radical (unpaired) electrons. The van der Waals surface area contributed by atoms with Gasteiger partial charge in [-0.25, -0.2) is 0 Å². The average molecular weight is 471 g/mol. The number of fused-ring (bicyclic) bond motifs is 1. The summed E-state index contributed by atoms with van der Waals surface area (Å²) in [6.45, 7) is 0.721. The van der Waals surface area contributed by atoms with Gasteiger partial charge in [0.1, 0.15) is 0 Å². The van der Waals surface area contributed by atoms with Gasteiger partial charge in [0.25, 0.3) is 5.91 Å². The third-order valence-corrected chi connectivity index (χ3v) is 6.96. The Kier molecular flexibility index (Phi) is 6.91. The first-order chi connectivity index (χ1) is 15.6. The highest BCUT2D eigenvalue weighted by atomic mass is 32.2. The Labute approximate surface area is 193 Å². The molecule has 32 heavy (non-hydrogen) atoms. The second kappa shape index (κ2) is 10.0. The molecule has 0 spiro atoms. The minimum atomic E-state index is -0.334. The van der Waals surface area contributed by atoms with Crippen molar-refractivity contribution < 1.29 is 19.1 Å². The fourth-order valence-electron chi connectivity index (χ4n) is 3.46. The molecule has 0 unspecified atom stereocenters. The Morgan fingerprint density at radius 1 is 1.12 bits per heavy atom. The van der Waals surface area contributed by atoms with Crippen LogP contribution in [0.1, 0.15) is 22.3 Å². The van der Waals surface area contributed by atoms with Gasteiger partial charge in [-0.05, 0) is 42.7 Å². The van der Waals surface area contributed by atoms with E-state index in [1.807, 2.05) is 23.1 Å². The topological polar surface area (TPSA) is 93.7 Å². The number of amides is 2. The summed E-state index contributed by atoms with van der Waals surface area (Å²) in [5, 5.41) is 11.2. The lowest BCUT2D eigenvalue weighted by Gasteiger charge is -2.29. The number of para-hydroxylation sites is 1. The Hall–Kier alpha value is -3.11. The molecule has 2 heterocycles. The highest BCUT2D eigenvalue weighted by Crippen LogP contribution is 2.31. The predicted octanol–water partition coefficient (Wildman–Crippen LogP) is 3.88. The number of methoxy groups -OCH3 is 2. The zero-order valence-electron chi connectivity index (χ0n) is 17.7. The zero-order chi connectivity index (χ0) is 22.5. The summed E-state index contributed by atoms with van der Waals surface area (Å²) in [6.07, 6.45) is 1.95. The first kappa shape index (κ1) is 22.1. The van der Waals surface area contributed by atoms with E-state index in [0.717, 1.165) is 25.1 Å². The number of nitrogens with zero attached hydrogens (tertiary/aromatic N) is 3. The molecule has 1 aliphatic rings. The average Bonchev–Trinajstić information content (AvgIpc) is 3.28. The molecule has 1 aromatic heterocycles. The van der Waals surface area contributed by atoms with Crippen molar-refractivity contribution in [2.24, 2.45) is 0 Å². The number of benzene rings is 2. The van der Waals surface area contributed by atoms with Crippen molar-refractivity contribution in [1.29, 1.82) is 0 Å². The van der Waals surface area contributed by atoms with E-state index in [9.17, 15) is 9.59 Å². The molecule has 8 nitrogen and oxygen atoms in total. The number of aromatic nitrogens is 2. The molecular weight excluding hydrogens is 448 g/mol. The van der Waals surface area contributed by atoms with Crippen molar-refractivity contribution in [2.45, 2.75) is 17.2 Å². The minimum absolute atomic E-state index is 0.0354. The highest BCUT2D eigenvalue weighted by Gasteiger charge is 2.22. The molecule has 0 fully saturated rings. The number of hydrogen-bond donors (Lipinski definition) is 1. The number of carbonyl (C=O) groups is 2. The highest BCUT2D eigenvalue weighted by molar-refractivity contribution is 8.01. The van der Waals surface area contributed by atoms with Gasteiger partial charge in [0.15, 0.2) is 15.8 Å². The van der Waals surface area contributed by atoms with E-state index < -0.39 is 0 Å². The molecule has 2 aromatic carbocycles. The standard InChI is InChI=1S/C22H22N4O4S2/c1-29-17-10-9-15(12-18(17)30-2)20(28)23-21-24-25-22(32-21)31-13-19(27)26-11-5-7-14-6-3-4-8-16(14)26/h3-4,6,8-10,12H,5,7,11,13H2,1-2H3,(H,23,24,28). The van der Waals surface area contributed by atoms with E-state index in [2.05, 4.69) is 21.6 Å². The molecule has 166 valence electrons. The maximum Gasteiger partial charge on any atom is 0.257 e. The van der Waals surface area contributed by atoms with Crippen LogP contribution in [0.5, 0.6) is 11.5 Å². The normalized spacial score (nSPS) is 12.8. The van der Waals surface area contributed by atoms with Crippen molar-refractivity contribution in [2.75, 3.05) is 36.7 Å². The molecule has 0 aliphatic carbocycles. The zero-order valence-corrected chi connectivity index (χ0v) is 19.3. The number of anilines is 2. The number of rotatable bonds is 7. The summed E-state index contributed by atoms with van der Waals surface area (Å²) < 4.78 is 11.0. The van der Waals surface area contributed by atoms with E-state index in [0.29, 0.717) is 26.5 Å². The molecule has 0 saturated carbocycles. The first-order valence-electron chi connectivity index (χ1n) is 9.97. The van der Waals surface area contributed by atoms with Crippen LogP contribution in [0, 0.1) is 0 Å². The molecule has 1 N–H and O–H groups in total. The van der Waals surface area contributed by atoms with E-state index in [1.54, 1.807) is 18.2 Å². The van der Waals surface area contributed by atoms with Crippen molar-refractivity contribution >= 4 is 45.7 Å². The molecule has 4 rings (SSSR count). The maximum absolute atomic E-state index is 12.8. The summed E-state index contributed by atoms with van der Waals surface area (Å²) in [4.78, 5) is 27.2. The quantitative estimate of drug-likeness (QED) is 0.414. The van der Waals surface area contributed by atoms with Gasteiger partial charge >= 0.3 is 0 Å². The Morgan fingerprint density at radius 3 is 2.75 bits per heavy atom. The fourth-order valence-corrected chi connectivity index (χ4v) is 5.08. The molecule has 0 bridgehead atoms. The summed E-state index contributed by atoms with van der Waals surface area (Å²) >= 11 is 2.55. The summed E-state index contributed by atoms with van der Waals surface area (Å²) in [5.41, 5.74) is 2.60. The van der Waals surface area contributed by atoms with Crippen LogP contribution in [0.4, 0.5) is 10.8 Å². The number of hydrogen-bond acceptors (Lipinski definition) is 8. The molecule has 0 atom stereocenters. The van der Waals surface area contributed by atoms with Crippen molar-refractivity contribution in [3.8, 4) is 11.5 Å². The molecule has 0 saturated heterocycles. The van der Waals surface area contributed by atoms with Crippen molar-refractivity contribution in [1.82, 2.24) is 10.2 Å². The number of aryl methyl sites for hydroxylation is 1. The van der Waals surface area contributed by atoms with Crippen LogP contribution in [-0.2, 0) is 11.2 Å². The Bertz CT molecular complexity index is 1130. The van der Waals surface area contributed by atoms with E-state index in [4.69, 9.17) is 9.47 Å². The predicted molar refractivity (Wildman–Crippen MR) is 125 cm³/mol. The van der Waals surface area contributed by atoms with Crippen LogP contribution >= 0.6 is 23.1 Å². The van der Waals surface area contributed by atoms with Crippen LogP contribution in [0.15, 0.2) is 46.8 Å². The summed E-state index contributed by atoms with van der Waals surface area (Å²) in [5.74, 6) is 0.964. The number of nitrogens with one attached hydrogen (secondary N) is 1. The number of thioether (sulfide) groups is 1. The van der Waals surface area contributed by atoms with Crippen LogP contribution in [0.2, 0.25) is 0 Å². The van der Waals surface area contributed by atoms with Crippen molar-refractivity contribution in [3.05, 3.63) is 53.6 Å². The molecule has 10 heteroatoms. The first-order valence-corrected chi connectivity index (χ1v) is 11.8. The monoisotopic (exact) mass is 470 g/mol. The Balaban J connectivity index is 1.35. The van der Waals surface area contributed by atoms with E-state index >= 15 is 0 Å². The SMILES string of the molecule is COc1ccc(C(=O)Nc2nnc(SCC(=O)N3CCCc4ccccc43)s2)cc1OC. The van der Waals surface area contributed by atoms with Gasteiger partial charge in [0.05, 0.1) is 20.0 Å². The van der Waals surface area contributed by atoms with Gasteiger partial charge < -0.3 is 14.4 Å². The fraction of sp³-hybridized carbons (Fsp3) is 0.273. The second-order valence-corrected chi connectivity index (χ2v) is 9.16. The lowest BCUT2D eigenvalue weighted by Crippen LogP contribution is -2.36. The van der Waals surface area contributed by atoms with Crippen LogP contribution in [0.3, 0.4) is 0 Å². The molecule has 1 aliphatic heterocycles. The van der Waals surface area contributed by atoms with Gasteiger partial charge in [-0.1, -0.05) is 41.3 Å². The molecular formula is C22H22N4O4S2. The van der Waals surface area contributed by atoms with Gasteiger partial charge in [0.2, 0.25) is 11.0 Å². The van der Waals surface area contributed by atoms with Gasteiger partial charge in [-0.3, -0.25) is 14.9 Å². The number of ether oxygens (including phenoxy) is 2. The maximum atomic E-state index is 12.8. The number of carbonyl (C=O) groups excluding carboxylic acids is 2. The minimum Gasteiger partial charge on any atom is -0.493 e. The summed E-state index contributed by atoms with van der Waals surface area (Å²) in [6, 6.07) is 12.9. The van der Waals surface area contributed by atoms with Crippen LogP contribution < -0.4 is 19.7 Å². The van der Waals surface area contributed by atoms with Gasteiger partial charge in [0, 0.05) is 17.8 Å². The third-order valence-electron chi connectivity index (χ3n) is 5.00. The van der Waals surface area contributed by atoms with Crippen LogP contribution in [0.25, 0.3) is 0 Å². The van der Waals surface area contributed by atoms with Crippen LogP contribution in [-0.4, -0.2) is 48.5 Å². The second-order valence-electron chi connectivity index (χ2n) is 6.96. The van der Waals surface area contributed by atoms with Gasteiger partial charge in [-0.15, -0.1) is 10.2 Å². The lowest BCUT2D eigenvalue weighted by molar-refractivity contribution is -0.116. The third kappa shape index (κ3) is 4.86. The molecule has 3 aromatic rings. The lowest BCUT2D eigenvalue weighted by atomic mass is 10.0.